The Labute approximate surface area is 176 Å². The molecule has 0 radical (unpaired) electrons. The summed E-state index contributed by atoms with van der Waals surface area (Å²) in [6.07, 6.45) is 0. The van der Waals surface area contributed by atoms with E-state index in [4.69, 9.17) is 0 Å². The Hall–Kier alpha value is -3.86. The lowest BCUT2D eigenvalue weighted by molar-refractivity contribution is -0.110. The molecule has 0 unspecified atom stereocenters. The summed E-state index contributed by atoms with van der Waals surface area (Å²) in [5.41, 5.74) is 5.06. The fourth-order valence-corrected chi connectivity index (χ4v) is 3.47. The number of anilines is 2. The predicted octanol–water partition coefficient (Wildman–Crippen LogP) is 4.71. The summed E-state index contributed by atoms with van der Waals surface area (Å²) in [5.74, 6) is -0.265. The van der Waals surface area contributed by atoms with Crippen LogP contribution < -0.4 is 10.6 Å². The molecule has 5 nitrogen and oxygen atoms in total. The van der Waals surface area contributed by atoms with Crippen molar-refractivity contribution in [3.05, 3.63) is 95.6 Å². The van der Waals surface area contributed by atoms with Crippen LogP contribution in [-0.2, 0) is 4.79 Å². The fourth-order valence-electron chi connectivity index (χ4n) is 3.47. The van der Waals surface area contributed by atoms with Crippen molar-refractivity contribution < 1.29 is 9.59 Å². The molecule has 0 aromatic heterocycles. The first-order valence-corrected chi connectivity index (χ1v) is 9.91. The lowest BCUT2D eigenvalue weighted by Crippen LogP contribution is -2.26. The maximum Gasteiger partial charge on any atom is 0.258 e. The van der Waals surface area contributed by atoms with Crippen molar-refractivity contribution in [2.24, 2.45) is 0 Å². The zero-order valence-electron chi connectivity index (χ0n) is 17.0. The molecule has 0 atom stereocenters. The standard InChI is InChI=1S/C25H23N3O2/c1-3-28(2)25(30)18-14-15-20-21(16-18)27-24(29)22(20)23(17-10-6-4-7-11-17)26-19-12-8-5-9-13-19/h4-16,26H,3H2,1-2H3,(H,27,29)/b23-22-. The Bertz CT molecular complexity index is 1120. The predicted molar refractivity (Wildman–Crippen MR) is 121 cm³/mol. The molecular weight excluding hydrogens is 374 g/mol. The Morgan fingerprint density at radius 3 is 2.27 bits per heavy atom. The normalized spacial score (nSPS) is 14.0. The van der Waals surface area contributed by atoms with Crippen LogP contribution in [0.5, 0.6) is 0 Å². The van der Waals surface area contributed by atoms with E-state index in [1.807, 2.05) is 73.7 Å². The van der Waals surface area contributed by atoms with Crippen molar-refractivity contribution in [1.29, 1.82) is 0 Å². The minimum absolute atomic E-state index is 0.0716. The van der Waals surface area contributed by atoms with Gasteiger partial charge < -0.3 is 15.5 Å². The van der Waals surface area contributed by atoms with Crippen LogP contribution in [0.1, 0.15) is 28.4 Å². The molecule has 0 aliphatic carbocycles. The van der Waals surface area contributed by atoms with E-state index in [-0.39, 0.29) is 11.8 Å². The number of carbonyl (C=O) groups is 2. The summed E-state index contributed by atoms with van der Waals surface area (Å²) >= 11 is 0. The zero-order valence-corrected chi connectivity index (χ0v) is 17.0. The highest BCUT2D eigenvalue weighted by atomic mass is 16.2. The van der Waals surface area contributed by atoms with Crippen molar-refractivity contribution >= 4 is 34.5 Å². The molecule has 3 aromatic rings. The smallest absolute Gasteiger partial charge is 0.258 e. The van der Waals surface area contributed by atoms with Gasteiger partial charge in [-0.2, -0.15) is 0 Å². The third kappa shape index (κ3) is 3.70. The van der Waals surface area contributed by atoms with Gasteiger partial charge in [0.25, 0.3) is 11.8 Å². The number of hydrogen-bond acceptors (Lipinski definition) is 3. The molecule has 150 valence electrons. The van der Waals surface area contributed by atoms with E-state index in [0.29, 0.717) is 23.4 Å². The first-order chi connectivity index (χ1) is 14.6. The van der Waals surface area contributed by atoms with Crippen LogP contribution in [0, 0.1) is 0 Å². The molecule has 2 N–H and O–H groups in total. The number of nitrogens with zero attached hydrogens (tertiary/aromatic N) is 1. The van der Waals surface area contributed by atoms with Crippen molar-refractivity contribution in [2.45, 2.75) is 6.92 Å². The van der Waals surface area contributed by atoms with Crippen LogP contribution in [0.4, 0.5) is 11.4 Å². The highest BCUT2D eigenvalue weighted by molar-refractivity contribution is 6.37. The molecule has 0 saturated heterocycles. The van der Waals surface area contributed by atoms with E-state index < -0.39 is 0 Å². The molecular formula is C25H23N3O2. The molecule has 1 heterocycles. The second-order valence-electron chi connectivity index (χ2n) is 7.14. The highest BCUT2D eigenvalue weighted by Crippen LogP contribution is 2.38. The number of rotatable bonds is 5. The van der Waals surface area contributed by atoms with Crippen LogP contribution in [0.15, 0.2) is 78.9 Å². The van der Waals surface area contributed by atoms with Crippen molar-refractivity contribution in [3.8, 4) is 0 Å². The average Bonchev–Trinajstić information content (AvgIpc) is 3.12. The van der Waals surface area contributed by atoms with Gasteiger partial charge in [-0.15, -0.1) is 0 Å². The molecule has 0 spiro atoms. The van der Waals surface area contributed by atoms with Gasteiger partial charge in [0.1, 0.15) is 0 Å². The quantitative estimate of drug-likeness (QED) is 0.613. The Morgan fingerprint density at radius 1 is 0.933 bits per heavy atom. The molecule has 0 saturated carbocycles. The number of para-hydroxylation sites is 1. The van der Waals surface area contributed by atoms with Gasteiger partial charge in [0, 0.05) is 36.1 Å². The lowest BCUT2D eigenvalue weighted by atomic mass is 9.98. The fraction of sp³-hybridized carbons (Fsp3) is 0.120. The lowest BCUT2D eigenvalue weighted by Gasteiger charge is -2.16. The monoisotopic (exact) mass is 397 g/mol. The minimum atomic E-state index is -0.194. The topological polar surface area (TPSA) is 61.4 Å². The molecule has 3 aromatic carbocycles. The molecule has 2 amide bonds. The van der Waals surface area contributed by atoms with E-state index in [1.165, 1.54) is 0 Å². The maximum atomic E-state index is 13.0. The van der Waals surface area contributed by atoms with E-state index >= 15 is 0 Å². The van der Waals surface area contributed by atoms with Gasteiger partial charge in [0.15, 0.2) is 0 Å². The summed E-state index contributed by atoms with van der Waals surface area (Å²) in [6.45, 7) is 2.54. The molecule has 1 aliphatic heterocycles. The number of carbonyl (C=O) groups excluding carboxylic acids is 2. The van der Waals surface area contributed by atoms with E-state index in [9.17, 15) is 9.59 Å². The average molecular weight is 397 g/mol. The summed E-state index contributed by atoms with van der Waals surface area (Å²) < 4.78 is 0. The van der Waals surface area contributed by atoms with Crippen LogP contribution in [0.25, 0.3) is 11.3 Å². The molecule has 1 aliphatic rings. The number of hydrogen-bond donors (Lipinski definition) is 2. The van der Waals surface area contributed by atoms with Gasteiger partial charge in [0.2, 0.25) is 0 Å². The van der Waals surface area contributed by atoms with Gasteiger partial charge in [-0.05, 0) is 36.8 Å². The first kappa shape index (κ1) is 19.5. The SMILES string of the molecule is CCN(C)C(=O)c1ccc2c(c1)NC(=O)/C2=C(\Nc1ccccc1)c1ccccc1. The summed E-state index contributed by atoms with van der Waals surface area (Å²) in [5, 5.41) is 6.35. The summed E-state index contributed by atoms with van der Waals surface area (Å²) in [6, 6.07) is 24.9. The van der Waals surface area contributed by atoms with Crippen LogP contribution >= 0.6 is 0 Å². The zero-order chi connectivity index (χ0) is 21.1. The van der Waals surface area contributed by atoms with E-state index in [0.717, 1.165) is 22.5 Å². The molecule has 5 heteroatoms. The van der Waals surface area contributed by atoms with E-state index in [1.54, 1.807) is 24.1 Å². The number of nitrogens with one attached hydrogen (secondary N) is 2. The molecule has 0 bridgehead atoms. The molecule has 0 fully saturated rings. The highest BCUT2D eigenvalue weighted by Gasteiger charge is 2.29. The largest absolute Gasteiger partial charge is 0.354 e. The molecule has 30 heavy (non-hydrogen) atoms. The van der Waals surface area contributed by atoms with Gasteiger partial charge in [-0.25, -0.2) is 0 Å². The van der Waals surface area contributed by atoms with Crippen molar-refractivity contribution in [1.82, 2.24) is 4.90 Å². The molecule has 4 rings (SSSR count). The third-order valence-corrected chi connectivity index (χ3v) is 5.19. The maximum absolute atomic E-state index is 13.0. The third-order valence-electron chi connectivity index (χ3n) is 5.19. The number of fused-ring (bicyclic) bond motifs is 1. The van der Waals surface area contributed by atoms with Gasteiger partial charge in [0.05, 0.1) is 11.3 Å². The van der Waals surface area contributed by atoms with Gasteiger partial charge in [-0.1, -0.05) is 54.6 Å². The number of amides is 2. The van der Waals surface area contributed by atoms with Crippen LogP contribution in [0.2, 0.25) is 0 Å². The van der Waals surface area contributed by atoms with Crippen molar-refractivity contribution in [2.75, 3.05) is 24.2 Å². The van der Waals surface area contributed by atoms with Gasteiger partial charge in [-0.3, -0.25) is 9.59 Å². The minimum Gasteiger partial charge on any atom is -0.354 e. The second kappa shape index (κ2) is 8.25. The Kier molecular flexibility index (Phi) is 5.35. The van der Waals surface area contributed by atoms with Gasteiger partial charge >= 0.3 is 0 Å². The first-order valence-electron chi connectivity index (χ1n) is 9.91. The second-order valence-corrected chi connectivity index (χ2v) is 7.14. The van der Waals surface area contributed by atoms with Crippen molar-refractivity contribution in [3.63, 3.8) is 0 Å². The number of benzene rings is 3. The Morgan fingerprint density at radius 2 is 1.60 bits per heavy atom. The summed E-state index contributed by atoms with van der Waals surface area (Å²) in [7, 11) is 1.76. The Balaban J connectivity index is 1.83. The summed E-state index contributed by atoms with van der Waals surface area (Å²) in [4.78, 5) is 27.2. The van der Waals surface area contributed by atoms with E-state index in [2.05, 4.69) is 10.6 Å². The van der Waals surface area contributed by atoms with Crippen LogP contribution in [0.3, 0.4) is 0 Å². The van der Waals surface area contributed by atoms with Crippen LogP contribution in [-0.4, -0.2) is 30.3 Å².